The number of ether oxygens (including phenoxy) is 4. The molecule has 1 unspecified atom stereocenters. The van der Waals surface area contributed by atoms with Gasteiger partial charge in [0.1, 0.15) is 72.6 Å². The first-order valence-electron chi connectivity index (χ1n) is 21.1. The highest BCUT2D eigenvalue weighted by molar-refractivity contribution is 9.11. The van der Waals surface area contributed by atoms with Gasteiger partial charge in [-0.1, -0.05) is 59.6 Å². The average molecular weight is 1120 g/mol. The number of nitrogens with zero attached hydrogens (tertiary/aromatic N) is 4. The summed E-state index contributed by atoms with van der Waals surface area (Å²) in [5.41, 5.74) is 2.79. The summed E-state index contributed by atoms with van der Waals surface area (Å²) in [6, 6.07) is 25.2. The minimum atomic E-state index is -1.65. The second-order valence-corrected chi connectivity index (χ2v) is 18.6. The van der Waals surface area contributed by atoms with Crippen LogP contribution in [0.5, 0.6) is 23.0 Å². The Morgan fingerprint density at radius 1 is 0.600 bits per heavy atom. The summed E-state index contributed by atoms with van der Waals surface area (Å²) in [7, 11) is 0. The molecular formula is C50H44Br2Cl2N6O10. The number of aliphatic hydroxyl groups excluding tert-OH is 2. The van der Waals surface area contributed by atoms with Gasteiger partial charge in [0.2, 0.25) is 0 Å². The van der Waals surface area contributed by atoms with Gasteiger partial charge in [0.25, 0.3) is 0 Å². The number of carboxylic acid groups (broad SMARTS) is 2. The van der Waals surface area contributed by atoms with E-state index in [0.717, 1.165) is 31.2 Å². The number of hydrogen-bond donors (Lipinski definition) is 6. The van der Waals surface area contributed by atoms with Crippen molar-refractivity contribution in [2.75, 3.05) is 13.2 Å². The van der Waals surface area contributed by atoms with E-state index >= 15 is 0 Å². The molecular weight excluding hydrogens is 1080 g/mol. The molecule has 362 valence electrons. The standard InChI is InChI=1S/C50H44Br2Cl2N6O10/c1-49(27-61,47(63)64)59-21-35-11-39(53)43(13-41(35)67-23-31-9-29(15-55)17-57-19-31)69-25-33-5-3-7-37(45(33)51)38-8-4-6-34(46(38)52)26-70-44-14-42(68-24-32-10-30(16-56)18-58-20-32)36(12-40(44)54)22-60-50(2,28-62)48(65)66/h3-14,17-20,59-62H,21-28H2,1-2H3,(H,63,64)(H,65,66)/t49-,50?/m0/s1. The van der Waals surface area contributed by atoms with Crippen molar-refractivity contribution in [3.8, 4) is 46.3 Å². The lowest BCUT2D eigenvalue weighted by molar-refractivity contribution is -0.146. The average Bonchev–Trinajstić information content (AvgIpc) is 3.36. The lowest BCUT2D eigenvalue weighted by Gasteiger charge is -2.25. The fourth-order valence-electron chi connectivity index (χ4n) is 6.58. The molecule has 0 aliphatic heterocycles. The van der Waals surface area contributed by atoms with Crippen molar-refractivity contribution in [1.29, 1.82) is 10.5 Å². The van der Waals surface area contributed by atoms with Gasteiger partial charge in [-0.15, -0.1) is 0 Å². The smallest absolute Gasteiger partial charge is 0.326 e. The molecule has 70 heavy (non-hydrogen) atoms. The van der Waals surface area contributed by atoms with Gasteiger partial charge in [-0.2, -0.15) is 10.5 Å². The van der Waals surface area contributed by atoms with Crippen LogP contribution >= 0.6 is 55.1 Å². The lowest BCUT2D eigenvalue weighted by atomic mass is 10.0. The van der Waals surface area contributed by atoms with Crippen molar-refractivity contribution in [2.45, 2.75) is 64.4 Å². The number of nitriles is 2. The highest BCUT2D eigenvalue weighted by Gasteiger charge is 2.33. The Bertz CT molecular complexity index is 2790. The zero-order chi connectivity index (χ0) is 50.6. The van der Waals surface area contributed by atoms with Crippen molar-refractivity contribution < 1.29 is 49.0 Å². The molecule has 2 heterocycles. The number of aliphatic carboxylic acids is 2. The summed E-state index contributed by atoms with van der Waals surface area (Å²) < 4.78 is 26.4. The van der Waals surface area contributed by atoms with Crippen molar-refractivity contribution >= 4 is 67.0 Å². The van der Waals surface area contributed by atoms with E-state index in [1.165, 1.54) is 26.2 Å². The summed E-state index contributed by atoms with van der Waals surface area (Å²) >= 11 is 21.1. The molecule has 16 nitrogen and oxygen atoms in total. The molecule has 2 aromatic heterocycles. The zero-order valence-corrected chi connectivity index (χ0v) is 42.1. The van der Waals surface area contributed by atoms with E-state index in [2.05, 4.69) is 52.5 Å². The third-order valence-electron chi connectivity index (χ3n) is 11.0. The highest BCUT2D eigenvalue weighted by Crippen LogP contribution is 2.40. The molecule has 2 atom stereocenters. The molecule has 0 aliphatic carbocycles. The number of halogens is 4. The van der Waals surface area contributed by atoms with E-state index in [1.807, 2.05) is 48.5 Å². The molecule has 0 saturated heterocycles. The predicted molar refractivity (Wildman–Crippen MR) is 265 cm³/mol. The van der Waals surface area contributed by atoms with Crippen LogP contribution in [0.15, 0.2) is 107 Å². The van der Waals surface area contributed by atoms with Gasteiger partial charge in [-0.05, 0) is 81.1 Å². The molecule has 0 fully saturated rings. The Balaban J connectivity index is 1.22. The van der Waals surface area contributed by atoms with Crippen LogP contribution in [0.4, 0.5) is 0 Å². The van der Waals surface area contributed by atoms with Crippen molar-refractivity contribution in [3.63, 3.8) is 0 Å². The molecule has 6 N–H and O–H groups in total. The Morgan fingerprint density at radius 3 is 1.34 bits per heavy atom. The maximum Gasteiger partial charge on any atom is 0.326 e. The maximum atomic E-state index is 11.9. The molecule has 0 bridgehead atoms. The van der Waals surface area contributed by atoms with Crippen LogP contribution in [0, 0.1) is 22.7 Å². The topological polar surface area (TPSA) is 249 Å². The van der Waals surface area contributed by atoms with E-state index in [1.54, 1.807) is 48.8 Å². The second kappa shape index (κ2) is 24.0. The van der Waals surface area contributed by atoms with Crippen molar-refractivity contribution in [3.05, 3.63) is 161 Å². The van der Waals surface area contributed by atoms with Gasteiger partial charge >= 0.3 is 11.9 Å². The summed E-state index contributed by atoms with van der Waals surface area (Å²) in [5.74, 6) is -1.31. The molecule has 0 aliphatic rings. The van der Waals surface area contributed by atoms with Crippen molar-refractivity contribution in [1.82, 2.24) is 20.6 Å². The monoisotopic (exact) mass is 1120 g/mol. The Hall–Kier alpha value is -6.32. The first-order chi connectivity index (χ1) is 33.5. The number of pyridine rings is 2. The summed E-state index contributed by atoms with van der Waals surface area (Å²) in [5, 5.41) is 63.9. The zero-order valence-electron chi connectivity index (χ0n) is 37.4. The second-order valence-electron chi connectivity index (χ2n) is 16.2. The molecule has 0 amide bonds. The summed E-state index contributed by atoms with van der Waals surface area (Å²) in [4.78, 5) is 32.0. The number of carboxylic acids is 2. The number of aliphatic hydroxyl groups is 2. The van der Waals surface area contributed by atoms with Crippen molar-refractivity contribution in [2.24, 2.45) is 0 Å². The molecule has 20 heteroatoms. The number of rotatable bonds is 23. The van der Waals surface area contributed by atoms with Gasteiger partial charge in [0, 0.05) is 92.3 Å². The summed E-state index contributed by atoms with van der Waals surface area (Å²) in [6.07, 6.45) is 5.99. The highest BCUT2D eigenvalue weighted by atomic mass is 79.9. The van der Waals surface area contributed by atoms with Gasteiger partial charge in [0.05, 0.1) is 34.4 Å². The maximum absolute atomic E-state index is 11.9. The SMILES string of the molecule is CC(CO)(NCc1cc(Cl)c(OCc2cccc(-c3cccc(COc4cc(OCc5cncc(C#N)c5)c(CN[C@@](C)(CO)C(=O)O)cc4Cl)c3Br)c2Br)cc1OCc1cncc(C#N)c1)C(=O)O. The van der Waals surface area contributed by atoms with Crippen LogP contribution in [0.3, 0.4) is 0 Å². The first kappa shape index (κ1) is 53.0. The minimum Gasteiger partial charge on any atom is -0.488 e. The van der Waals surface area contributed by atoms with E-state index < -0.39 is 36.2 Å². The van der Waals surface area contributed by atoms with Gasteiger partial charge in [0.15, 0.2) is 0 Å². The quantitative estimate of drug-likeness (QED) is 0.0350. The number of nitrogens with one attached hydrogen (secondary N) is 2. The van der Waals surface area contributed by atoms with Crippen LogP contribution in [0.25, 0.3) is 11.1 Å². The molecule has 0 radical (unpaired) electrons. The third-order valence-corrected chi connectivity index (χ3v) is 13.5. The fourth-order valence-corrected chi connectivity index (χ4v) is 8.25. The van der Waals surface area contributed by atoms with Crippen LogP contribution in [-0.2, 0) is 49.1 Å². The molecule has 0 spiro atoms. The third kappa shape index (κ3) is 13.1. The first-order valence-corrected chi connectivity index (χ1v) is 23.4. The van der Waals surface area contributed by atoms with Crippen LogP contribution < -0.4 is 29.6 Å². The normalized spacial score (nSPS) is 12.7. The summed E-state index contributed by atoms with van der Waals surface area (Å²) in [6.45, 7) is 1.47. The van der Waals surface area contributed by atoms with Crippen LogP contribution in [0.1, 0.15) is 58.4 Å². The van der Waals surface area contributed by atoms with Crippen LogP contribution in [0.2, 0.25) is 10.0 Å². The number of carbonyl (C=O) groups is 2. The molecule has 6 rings (SSSR count). The van der Waals surface area contributed by atoms with E-state index in [9.17, 15) is 40.5 Å². The minimum absolute atomic E-state index is 0.0200. The number of hydrogen-bond acceptors (Lipinski definition) is 14. The Kier molecular flexibility index (Phi) is 18.2. The molecule has 0 saturated carbocycles. The lowest BCUT2D eigenvalue weighted by Crippen LogP contribution is -2.52. The van der Waals surface area contributed by atoms with Gasteiger partial charge in [-0.25, -0.2) is 0 Å². The largest absolute Gasteiger partial charge is 0.488 e. The van der Waals surface area contributed by atoms with Gasteiger partial charge < -0.3 is 39.4 Å². The van der Waals surface area contributed by atoms with E-state index in [0.29, 0.717) is 44.9 Å². The molecule has 6 aromatic rings. The molecule has 4 aromatic carbocycles. The fraction of sp³-hybridized carbons (Fsp3) is 0.240. The predicted octanol–water partition coefficient (Wildman–Crippen LogP) is 8.89. The van der Waals surface area contributed by atoms with E-state index in [4.69, 9.17) is 42.1 Å². The van der Waals surface area contributed by atoms with E-state index in [-0.39, 0.29) is 61.1 Å². The Labute approximate surface area is 429 Å². The van der Waals surface area contributed by atoms with Gasteiger partial charge in [-0.3, -0.25) is 30.2 Å². The Morgan fingerprint density at radius 2 is 0.986 bits per heavy atom. The number of benzene rings is 4. The number of aromatic nitrogens is 2. The van der Waals surface area contributed by atoms with Crippen LogP contribution in [-0.4, -0.2) is 66.6 Å².